The minimum atomic E-state index is 0.422. The lowest BCUT2D eigenvalue weighted by Crippen LogP contribution is -2.23. The van der Waals surface area contributed by atoms with Crippen LogP contribution in [0.3, 0.4) is 0 Å². The molecule has 3 aromatic rings. The van der Waals surface area contributed by atoms with E-state index in [4.69, 9.17) is 5.73 Å². The van der Waals surface area contributed by atoms with Gasteiger partial charge in [0.15, 0.2) is 17.0 Å². The molecule has 1 saturated carbocycles. The van der Waals surface area contributed by atoms with Gasteiger partial charge < -0.3 is 10.7 Å². The summed E-state index contributed by atoms with van der Waals surface area (Å²) in [5.41, 5.74) is 8.64. The minimum Gasteiger partial charge on any atom is -0.380 e. The Balaban J connectivity index is 1.97. The van der Waals surface area contributed by atoms with Crippen molar-refractivity contribution in [3.8, 4) is 0 Å². The van der Waals surface area contributed by atoms with Crippen LogP contribution in [0.4, 0.5) is 5.82 Å². The van der Waals surface area contributed by atoms with Crippen molar-refractivity contribution in [3.63, 3.8) is 0 Å². The van der Waals surface area contributed by atoms with Gasteiger partial charge in [-0.15, -0.1) is 10.2 Å². The Morgan fingerprint density at radius 2 is 2.19 bits per heavy atom. The fraction of sp³-hybridized carbons (Fsp3) is 0.533. The molecule has 0 bridgehead atoms. The average molecular weight is 284 g/mol. The van der Waals surface area contributed by atoms with E-state index in [2.05, 4.69) is 31.9 Å². The summed E-state index contributed by atoms with van der Waals surface area (Å²) in [6.07, 6.45) is 8.10. The Morgan fingerprint density at radius 1 is 1.33 bits per heavy atom. The van der Waals surface area contributed by atoms with Gasteiger partial charge in [-0.1, -0.05) is 26.2 Å². The number of nitrogens with two attached hydrogens (primary N) is 1. The number of rotatable bonds is 2. The van der Waals surface area contributed by atoms with Crippen molar-refractivity contribution in [3.05, 3.63) is 12.3 Å². The number of H-pyrrole nitrogens is 1. The second-order valence-corrected chi connectivity index (χ2v) is 5.99. The molecule has 6 heteroatoms. The largest absolute Gasteiger partial charge is 0.380 e. The summed E-state index contributed by atoms with van der Waals surface area (Å²) in [5, 5.41) is 14.1. The smallest absolute Gasteiger partial charge is 0.174 e. The first kappa shape index (κ1) is 12.6. The molecule has 2 atom stereocenters. The summed E-state index contributed by atoms with van der Waals surface area (Å²) in [4.78, 5) is 3.12. The molecule has 0 aromatic carbocycles. The third-order valence-electron chi connectivity index (χ3n) is 4.85. The predicted molar refractivity (Wildman–Crippen MR) is 82.9 cm³/mol. The molecule has 1 fully saturated rings. The van der Waals surface area contributed by atoms with Gasteiger partial charge in [0, 0.05) is 11.6 Å². The fourth-order valence-electron chi connectivity index (χ4n) is 3.75. The van der Waals surface area contributed by atoms with Gasteiger partial charge in [0.1, 0.15) is 5.52 Å². The summed E-state index contributed by atoms with van der Waals surface area (Å²) >= 11 is 0. The van der Waals surface area contributed by atoms with Gasteiger partial charge in [-0.2, -0.15) is 5.10 Å². The van der Waals surface area contributed by atoms with E-state index in [-0.39, 0.29) is 0 Å². The summed E-state index contributed by atoms with van der Waals surface area (Å²) in [6.45, 7) is 2.27. The van der Waals surface area contributed by atoms with Gasteiger partial charge in [0.05, 0.1) is 6.04 Å². The number of hydrogen-bond acceptors (Lipinski definition) is 4. The van der Waals surface area contributed by atoms with E-state index in [1.807, 2.05) is 12.3 Å². The molecular weight excluding hydrogens is 264 g/mol. The first-order chi connectivity index (χ1) is 10.3. The highest BCUT2D eigenvalue weighted by molar-refractivity contribution is 6.03. The standard InChI is InChI=1S/C15H20N6/c1-2-9-5-3-4-6-11(9)21-13-10-7-8-17-15(10)19-18-12(13)14(16)20-21/h7-9,11H,2-6H2,1H3,(H2,16,20)(H,17,19)/t9-,11+/m1/s1. The maximum absolute atomic E-state index is 6.09. The van der Waals surface area contributed by atoms with Crippen LogP contribution in [0.25, 0.3) is 22.1 Å². The summed E-state index contributed by atoms with van der Waals surface area (Å²) in [5.74, 6) is 1.16. The molecule has 1 aliphatic carbocycles. The summed E-state index contributed by atoms with van der Waals surface area (Å²) in [6, 6.07) is 2.46. The first-order valence-corrected chi connectivity index (χ1v) is 7.77. The summed E-state index contributed by atoms with van der Waals surface area (Å²) in [7, 11) is 0. The minimum absolute atomic E-state index is 0.422. The van der Waals surface area contributed by atoms with Gasteiger partial charge in [-0.05, 0) is 24.8 Å². The SMILES string of the molecule is CC[C@@H]1CCCC[C@@H]1n1nc(N)c2nnc3[nH]ccc3c21. The lowest BCUT2D eigenvalue weighted by Gasteiger charge is -2.31. The molecule has 21 heavy (non-hydrogen) atoms. The Morgan fingerprint density at radius 3 is 3.05 bits per heavy atom. The van der Waals surface area contributed by atoms with Crippen LogP contribution >= 0.6 is 0 Å². The van der Waals surface area contributed by atoms with E-state index in [0.717, 1.165) is 22.1 Å². The molecule has 4 rings (SSSR count). The molecule has 6 nitrogen and oxygen atoms in total. The fourth-order valence-corrected chi connectivity index (χ4v) is 3.75. The maximum atomic E-state index is 6.09. The van der Waals surface area contributed by atoms with Crippen LogP contribution in [0.5, 0.6) is 0 Å². The van der Waals surface area contributed by atoms with Gasteiger partial charge in [0.2, 0.25) is 0 Å². The van der Waals surface area contributed by atoms with E-state index in [0.29, 0.717) is 17.8 Å². The molecule has 110 valence electrons. The van der Waals surface area contributed by atoms with Crippen molar-refractivity contribution in [2.75, 3.05) is 5.73 Å². The van der Waals surface area contributed by atoms with Crippen molar-refractivity contribution in [2.24, 2.45) is 5.92 Å². The lowest BCUT2D eigenvalue weighted by atomic mass is 9.83. The number of anilines is 1. The Kier molecular flexibility index (Phi) is 2.83. The highest BCUT2D eigenvalue weighted by atomic mass is 15.3. The van der Waals surface area contributed by atoms with Crippen molar-refractivity contribution in [2.45, 2.75) is 45.1 Å². The molecule has 0 amide bonds. The molecule has 3 heterocycles. The van der Waals surface area contributed by atoms with Crippen molar-refractivity contribution >= 4 is 27.9 Å². The molecule has 0 spiro atoms. The predicted octanol–water partition coefficient (Wildman–Crippen LogP) is 3.03. The van der Waals surface area contributed by atoms with Crippen molar-refractivity contribution in [1.82, 2.24) is 25.0 Å². The number of aromatic amines is 1. The molecule has 0 unspecified atom stereocenters. The highest BCUT2D eigenvalue weighted by Gasteiger charge is 2.29. The first-order valence-electron chi connectivity index (χ1n) is 7.77. The van der Waals surface area contributed by atoms with Crippen LogP contribution in [0.15, 0.2) is 12.3 Å². The normalized spacial score (nSPS) is 23.1. The monoisotopic (exact) mass is 284 g/mol. The quantitative estimate of drug-likeness (QED) is 0.757. The Labute approximate surface area is 122 Å². The zero-order valence-corrected chi connectivity index (χ0v) is 12.2. The number of hydrogen-bond donors (Lipinski definition) is 2. The van der Waals surface area contributed by atoms with Crippen LogP contribution in [-0.2, 0) is 0 Å². The zero-order chi connectivity index (χ0) is 14.4. The van der Waals surface area contributed by atoms with Crippen LogP contribution in [0, 0.1) is 5.92 Å². The van der Waals surface area contributed by atoms with Crippen LogP contribution < -0.4 is 5.73 Å². The zero-order valence-electron chi connectivity index (χ0n) is 12.2. The number of nitrogens with zero attached hydrogens (tertiary/aromatic N) is 4. The third kappa shape index (κ3) is 1.81. The van der Waals surface area contributed by atoms with Gasteiger partial charge in [-0.3, -0.25) is 4.68 Å². The molecule has 0 aliphatic heterocycles. The second kappa shape index (κ2) is 4.72. The highest BCUT2D eigenvalue weighted by Crippen LogP contribution is 2.39. The molecular formula is C15H20N6. The number of nitrogen functional groups attached to an aromatic ring is 1. The van der Waals surface area contributed by atoms with Gasteiger partial charge in [0.25, 0.3) is 0 Å². The van der Waals surface area contributed by atoms with Crippen molar-refractivity contribution < 1.29 is 0 Å². The Hall–Kier alpha value is -2.11. The van der Waals surface area contributed by atoms with Gasteiger partial charge >= 0.3 is 0 Å². The van der Waals surface area contributed by atoms with E-state index in [9.17, 15) is 0 Å². The van der Waals surface area contributed by atoms with Crippen LogP contribution in [-0.4, -0.2) is 25.0 Å². The number of fused-ring (bicyclic) bond motifs is 3. The van der Waals surface area contributed by atoms with Gasteiger partial charge in [-0.25, -0.2) is 0 Å². The van der Waals surface area contributed by atoms with Crippen LogP contribution in [0.2, 0.25) is 0 Å². The maximum Gasteiger partial charge on any atom is 0.174 e. The third-order valence-corrected chi connectivity index (χ3v) is 4.85. The average Bonchev–Trinajstić information content (AvgIpc) is 3.11. The van der Waals surface area contributed by atoms with E-state index in [1.165, 1.54) is 32.1 Å². The van der Waals surface area contributed by atoms with Crippen molar-refractivity contribution in [1.29, 1.82) is 0 Å². The Bertz CT molecular complexity index is 786. The molecule has 3 N–H and O–H groups in total. The molecule has 0 radical (unpaired) electrons. The second-order valence-electron chi connectivity index (χ2n) is 5.99. The van der Waals surface area contributed by atoms with E-state index in [1.54, 1.807) is 0 Å². The number of aromatic nitrogens is 5. The topological polar surface area (TPSA) is 85.4 Å². The van der Waals surface area contributed by atoms with E-state index >= 15 is 0 Å². The summed E-state index contributed by atoms with van der Waals surface area (Å²) < 4.78 is 2.13. The number of nitrogens with one attached hydrogen (secondary N) is 1. The van der Waals surface area contributed by atoms with E-state index < -0.39 is 0 Å². The molecule has 1 aliphatic rings. The lowest BCUT2D eigenvalue weighted by molar-refractivity contribution is 0.223. The molecule has 0 saturated heterocycles. The molecule has 3 aromatic heterocycles. The van der Waals surface area contributed by atoms with Crippen LogP contribution in [0.1, 0.15) is 45.1 Å².